The normalized spacial score (nSPS) is 19.0. The first-order chi connectivity index (χ1) is 14.4. The van der Waals surface area contributed by atoms with Crippen LogP contribution in [0, 0.1) is 5.82 Å². The Morgan fingerprint density at radius 3 is 2.83 bits per heavy atom. The van der Waals surface area contributed by atoms with Gasteiger partial charge in [0.2, 0.25) is 0 Å². The molecule has 0 spiro atoms. The molecule has 156 valence electrons. The number of hydrogen-bond donors (Lipinski definition) is 3. The molecule has 2 aromatic heterocycles. The average Bonchev–Trinajstić information content (AvgIpc) is 3.09. The van der Waals surface area contributed by atoms with Crippen molar-refractivity contribution in [2.24, 2.45) is 5.73 Å². The lowest BCUT2D eigenvalue weighted by molar-refractivity contribution is 0.102. The van der Waals surface area contributed by atoms with E-state index in [2.05, 4.69) is 15.3 Å². The predicted octanol–water partition coefficient (Wildman–Crippen LogP) is 3.05. The van der Waals surface area contributed by atoms with Gasteiger partial charge in [0.25, 0.3) is 5.91 Å². The first kappa shape index (κ1) is 20.2. The van der Waals surface area contributed by atoms with Gasteiger partial charge in [-0.25, -0.2) is 13.8 Å². The summed E-state index contributed by atoms with van der Waals surface area (Å²) in [6, 6.07) is 7.52. The van der Waals surface area contributed by atoms with Crippen LogP contribution < -0.4 is 21.7 Å². The van der Waals surface area contributed by atoms with E-state index in [1.165, 1.54) is 12.3 Å². The topological polar surface area (TPSA) is 110 Å². The summed E-state index contributed by atoms with van der Waals surface area (Å²) >= 11 is 1.03. The van der Waals surface area contributed by atoms with E-state index in [1.807, 2.05) is 0 Å². The monoisotopic (exact) mass is 430 g/mol. The molecule has 0 unspecified atom stereocenters. The Morgan fingerprint density at radius 1 is 1.27 bits per heavy atom. The number of rotatable bonds is 4. The van der Waals surface area contributed by atoms with Crippen LogP contribution in [-0.2, 0) is 0 Å². The maximum absolute atomic E-state index is 14.1. The number of amides is 1. The Bertz CT molecular complexity index is 1060. The largest absolute Gasteiger partial charge is 0.389 e. The van der Waals surface area contributed by atoms with E-state index < -0.39 is 17.9 Å². The Kier molecular flexibility index (Phi) is 5.60. The van der Waals surface area contributed by atoms with E-state index in [1.54, 1.807) is 35.4 Å². The molecule has 0 saturated carbocycles. The molecule has 1 aliphatic rings. The quantitative estimate of drug-likeness (QED) is 0.587. The Morgan fingerprint density at radius 2 is 2.07 bits per heavy atom. The summed E-state index contributed by atoms with van der Waals surface area (Å²) in [4.78, 5) is 22.9. The van der Waals surface area contributed by atoms with Crippen molar-refractivity contribution in [2.75, 3.05) is 29.0 Å². The highest BCUT2D eigenvalue weighted by Gasteiger charge is 2.27. The van der Waals surface area contributed by atoms with Gasteiger partial charge < -0.3 is 21.7 Å². The highest BCUT2D eigenvalue weighted by molar-refractivity contribution is 7.19. The van der Waals surface area contributed by atoms with Crippen molar-refractivity contribution < 1.29 is 13.6 Å². The fraction of sp³-hybridized carbons (Fsp3) is 0.250. The molecule has 30 heavy (non-hydrogen) atoms. The molecule has 5 N–H and O–H groups in total. The third-order valence-corrected chi connectivity index (χ3v) is 5.71. The molecule has 0 radical (unpaired) electrons. The molecule has 1 aromatic carbocycles. The van der Waals surface area contributed by atoms with E-state index >= 15 is 0 Å². The SMILES string of the molecule is Nc1sc(-c2ccccc2F)nc1C(=O)Nc1cnccc1N1C[C@@H](N)C[C@@H](F)C1. The summed E-state index contributed by atoms with van der Waals surface area (Å²) in [7, 11) is 0. The molecule has 1 saturated heterocycles. The van der Waals surface area contributed by atoms with Crippen molar-refractivity contribution >= 4 is 33.6 Å². The molecule has 3 heterocycles. The van der Waals surface area contributed by atoms with E-state index in [0.717, 1.165) is 11.3 Å². The summed E-state index contributed by atoms with van der Waals surface area (Å²) < 4.78 is 28.1. The maximum atomic E-state index is 14.1. The summed E-state index contributed by atoms with van der Waals surface area (Å²) in [6.07, 6.45) is 2.28. The van der Waals surface area contributed by atoms with Gasteiger partial charge in [0.1, 0.15) is 22.0 Å². The van der Waals surface area contributed by atoms with Crippen molar-refractivity contribution in [1.82, 2.24) is 9.97 Å². The van der Waals surface area contributed by atoms with Crippen LogP contribution in [0.5, 0.6) is 0 Å². The molecular formula is C20H20F2N6OS. The fourth-order valence-corrected chi connectivity index (χ4v) is 4.31. The zero-order chi connectivity index (χ0) is 21.3. The van der Waals surface area contributed by atoms with Gasteiger partial charge in [-0.1, -0.05) is 23.5 Å². The maximum Gasteiger partial charge on any atom is 0.277 e. The van der Waals surface area contributed by atoms with Gasteiger partial charge >= 0.3 is 0 Å². The summed E-state index contributed by atoms with van der Waals surface area (Å²) in [5.74, 6) is -1.01. The lowest BCUT2D eigenvalue weighted by atomic mass is 10.0. The van der Waals surface area contributed by atoms with Crippen LogP contribution in [0.15, 0.2) is 42.7 Å². The van der Waals surface area contributed by atoms with Crippen molar-refractivity contribution in [3.05, 3.63) is 54.2 Å². The number of piperidine rings is 1. The van der Waals surface area contributed by atoms with Gasteiger partial charge in [0.05, 0.1) is 17.6 Å². The zero-order valence-electron chi connectivity index (χ0n) is 15.9. The smallest absolute Gasteiger partial charge is 0.277 e. The number of hydrogen-bond acceptors (Lipinski definition) is 7. The molecule has 0 bridgehead atoms. The van der Waals surface area contributed by atoms with Gasteiger partial charge in [0.15, 0.2) is 5.69 Å². The molecular weight excluding hydrogens is 410 g/mol. The Balaban J connectivity index is 1.59. The number of alkyl halides is 1. The minimum atomic E-state index is -1.05. The number of pyridine rings is 1. The summed E-state index contributed by atoms with van der Waals surface area (Å²) in [5.41, 5.74) is 13.2. The van der Waals surface area contributed by atoms with E-state index in [9.17, 15) is 13.6 Å². The van der Waals surface area contributed by atoms with E-state index in [4.69, 9.17) is 11.5 Å². The van der Waals surface area contributed by atoms with Crippen molar-refractivity contribution in [1.29, 1.82) is 0 Å². The lowest BCUT2D eigenvalue weighted by Gasteiger charge is -2.35. The minimum absolute atomic E-state index is 0.00762. The van der Waals surface area contributed by atoms with Crippen LogP contribution in [0.1, 0.15) is 16.9 Å². The number of carbonyl (C=O) groups excluding carboxylic acids is 1. The lowest BCUT2D eigenvalue weighted by Crippen LogP contribution is -2.48. The van der Waals surface area contributed by atoms with Gasteiger partial charge in [-0.15, -0.1) is 0 Å². The molecule has 10 heteroatoms. The van der Waals surface area contributed by atoms with Crippen molar-refractivity contribution in [3.63, 3.8) is 0 Å². The Labute approximate surface area is 175 Å². The standard InChI is InChI=1S/C20H20F2N6OS/c21-11-7-12(23)10-28(9-11)16-5-6-25-8-15(16)26-19(29)17-18(24)30-20(27-17)13-3-1-2-4-14(13)22/h1-6,8,11-12H,7,9-10,23-24H2,(H,26,29)/t11-,12+/m1/s1. The second-order valence-corrected chi connectivity index (χ2v) is 8.09. The average molecular weight is 430 g/mol. The number of nitrogens with two attached hydrogens (primary N) is 2. The van der Waals surface area contributed by atoms with Crippen LogP contribution in [0.4, 0.5) is 25.2 Å². The third kappa shape index (κ3) is 4.10. The minimum Gasteiger partial charge on any atom is -0.389 e. The summed E-state index contributed by atoms with van der Waals surface area (Å²) in [5, 5.41) is 3.21. The number of halogens is 2. The first-order valence-corrected chi connectivity index (χ1v) is 10.1. The molecule has 3 aromatic rings. The molecule has 1 aliphatic heterocycles. The number of nitrogen functional groups attached to an aromatic ring is 1. The van der Waals surface area contributed by atoms with Gasteiger partial charge in [-0.3, -0.25) is 9.78 Å². The van der Waals surface area contributed by atoms with Gasteiger partial charge in [0, 0.05) is 30.9 Å². The second kappa shape index (κ2) is 8.33. The molecule has 7 nitrogen and oxygen atoms in total. The van der Waals surface area contributed by atoms with Crippen LogP contribution in [-0.4, -0.2) is 41.2 Å². The van der Waals surface area contributed by atoms with Gasteiger partial charge in [-0.2, -0.15) is 0 Å². The highest BCUT2D eigenvalue weighted by Crippen LogP contribution is 2.33. The molecule has 1 amide bonds. The van der Waals surface area contributed by atoms with Crippen LogP contribution >= 0.6 is 11.3 Å². The highest BCUT2D eigenvalue weighted by atomic mass is 32.1. The number of nitrogens with zero attached hydrogens (tertiary/aromatic N) is 3. The Hall–Kier alpha value is -3.11. The van der Waals surface area contributed by atoms with Crippen molar-refractivity contribution in [3.8, 4) is 10.6 Å². The number of benzene rings is 1. The molecule has 1 fully saturated rings. The van der Waals surface area contributed by atoms with Crippen molar-refractivity contribution in [2.45, 2.75) is 18.6 Å². The fourth-order valence-electron chi connectivity index (χ4n) is 3.46. The number of carbonyl (C=O) groups is 1. The van der Waals surface area contributed by atoms with E-state index in [-0.39, 0.29) is 28.8 Å². The van der Waals surface area contributed by atoms with Crippen LogP contribution in [0.25, 0.3) is 10.6 Å². The third-order valence-electron chi connectivity index (χ3n) is 4.79. The number of anilines is 3. The predicted molar refractivity (Wildman–Crippen MR) is 114 cm³/mol. The zero-order valence-corrected chi connectivity index (χ0v) is 16.7. The second-order valence-electron chi connectivity index (χ2n) is 7.06. The van der Waals surface area contributed by atoms with Crippen LogP contribution in [0.2, 0.25) is 0 Å². The number of nitrogens with one attached hydrogen (secondary N) is 1. The molecule has 0 aliphatic carbocycles. The van der Waals surface area contributed by atoms with Crippen LogP contribution in [0.3, 0.4) is 0 Å². The summed E-state index contributed by atoms with van der Waals surface area (Å²) in [6.45, 7) is 0.639. The first-order valence-electron chi connectivity index (χ1n) is 9.33. The number of thiazole rings is 1. The molecule has 4 rings (SSSR count). The van der Waals surface area contributed by atoms with Gasteiger partial charge in [-0.05, 0) is 24.6 Å². The van der Waals surface area contributed by atoms with E-state index in [0.29, 0.717) is 29.3 Å². The number of aromatic nitrogens is 2. The molecule has 2 atom stereocenters.